The van der Waals surface area contributed by atoms with E-state index in [1.807, 2.05) is 25.2 Å². The third-order valence-electron chi connectivity index (χ3n) is 3.55. The SMILES string of the molecule is CNC(c1ccc2c(c1)CCO2)c1ccccc1Cl. The first kappa shape index (κ1) is 12.5. The first-order chi connectivity index (χ1) is 9.29. The molecule has 1 aliphatic heterocycles. The van der Waals surface area contributed by atoms with Crippen LogP contribution in [0, 0.1) is 0 Å². The molecule has 0 spiro atoms. The molecule has 0 aromatic heterocycles. The van der Waals surface area contributed by atoms with Gasteiger partial charge in [0.15, 0.2) is 0 Å². The van der Waals surface area contributed by atoms with Crippen molar-refractivity contribution in [3.63, 3.8) is 0 Å². The summed E-state index contributed by atoms with van der Waals surface area (Å²) in [5, 5.41) is 4.13. The Kier molecular flexibility index (Phi) is 3.45. The lowest BCUT2D eigenvalue weighted by molar-refractivity contribution is 0.357. The molecule has 1 aliphatic rings. The molecule has 1 N–H and O–H groups in total. The Morgan fingerprint density at radius 2 is 2.05 bits per heavy atom. The molecule has 3 rings (SSSR count). The third-order valence-corrected chi connectivity index (χ3v) is 3.90. The van der Waals surface area contributed by atoms with Gasteiger partial charge in [-0.3, -0.25) is 0 Å². The summed E-state index contributed by atoms with van der Waals surface area (Å²) in [5.74, 6) is 1.01. The second kappa shape index (κ2) is 5.24. The Balaban J connectivity index is 2.01. The second-order valence-corrected chi connectivity index (χ2v) is 5.12. The van der Waals surface area contributed by atoms with Gasteiger partial charge in [-0.1, -0.05) is 41.9 Å². The fourth-order valence-electron chi connectivity index (χ4n) is 2.60. The first-order valence-electron chi connectivity index (χ1n) is 6.47. The molecule has 98 valence electrons. The first-order valence-corrected chi connectivity index (χ1v) is 6.84. The van der Waals surface area contributed by atoms with Crippen molar-refractivity contribution in [3.8, 4) is 5.75 Å². The van der Waals surface area contributed by atoms with Gasteiger partial charge in [-0.05, 0) is 35.9 Å². The van der Waals surface area contributed by atoms with E-state index in [0.717, 1.165) is 29.4 Å². The molecule has 0 amide bonds. The maximum atomic E-state index is 6.30. The summed E-state index contributed by atoms with van der Waals surface area (Å²) in [6, 6.07) is 14.4. The van der Waals surface area contributed by atoms with E-state index in [1.165, 1.54) is 11.1 Å². The molecule has 0 fully saturated rings. The molecular weight excluding hydrogens is 258 g/mol. The number of halogens is 1. The van der Waals surface area contributed by atoms with Gasteiger partial charge < -0.3 is 10.1 Å². The van der Waals surface area contributed by atoms with Crippen molar-refractivity contribution in [1.82, 2.24) is 5.32 Å². The Morgan fingerprint density at radius 3 is 2.84 bits per heavy atom. The van der Waals surface area contributed by atoms with E-state index < -0.39 is 0 Å². The lowest BCUT2D eigenvalue weighted by atomic mass is 9.96. The molecule has 2 nitrogen and oxygen atoms in total. The molecule has 0 radical (unpaired) electrons. The van der Waals surface area contributed by atoms with E-state index in [2.05, 4.69) is 29.6 Å². The largest absolute Gasteiger partial charge is 0.493 e. The maximum absolute atomic E-state index is 6.30. The molecule has 1 unspecified atom stereocenters. The van der Waals surface area contributed by atoms with Gasteiger partial charge in [0.1, 0.15) is 5.75 Å². The van der Waals surface area contributed by atoms with Crippen LogP contribution in [-0.2, 0) is 6.42 Å². The van der Waals surface area contributed by atoms with Crippen LogP contribution in [0.5, 0.6) is 5.75 Å². The van der Waals surface area contributed by atoms with Crippen molar-refractivity contribution in [2.75, 3.05) is 13.7 Å². The standard InChI is InChI=1S/C16H16ClNO/c1-18-16(13-4-2-3-5-14(13)17)12-6-7-15-11(10-12)8-9-19-15/h2-7,10,16,18H,8-9H2,1H3. The monoisotopic (exact) mass is 273 g/mol. The van der Waals surface area contributed by atoms with Gasteiger partial charge >= 0.3 is 0 Å². The summed E-state index contributed by atoms with van der Waals surface area (Å²) in [5.41, 5.74) is 3.61. The highest BCUT2D eigenvalue weighted by Gasteiger charge is 2.18. The van der Waals surface area contributed by atoms with Gasteiger partial charge in [-0.2, -0.15) is 0 Å². The molecule has 0 bridgehead atoms. The van der Waals surface area contributed by atoms with Gasteiger partial charge in [-0.25, -0.2) is 0 Å². The van der Waals surface area contributed by atoms with E-state index in [4.69, 9.17) is 16.3 Å². The minimum Gasteiger partial charge on any atom is -0.493 e. The predicted molar refractivity (Wildman–Crippen MR) is 78.0 cm³/mol. The molecule has 0 aliphatic carbocycles. The average molecular weight is 274 g/mol. The van der Waals surface area contributed by atoms with Crippen LogP contribution in [0.25, 0.3) is 0 Å². The van der Waals surface area contributed by atoms with Crippen LogP contribution in [0.15, 0.2) is 42.5 Å². The quantitative estimate of drug-likeness (QED) is 0.923. The average Bonchev–Trinajstić information content (AvgIpc) is 2.89. The summed E-state index contributed by atoms with van der Waals surface area (Å²) in [6.45, 7) is 0.787. The molecule has 0 saturated carbocycles. The maximum Gasteiger partial charge on any atom is 0.122 e. The van der Waals surface area contributed by atoms with Crippen LogP contribution >= 0.6 is 11.6 Å². The minimum absolute atomic E-state index is 0.111. The van der Waals surface area contributed by atoms with E-state index in [-0.39, 0.29) is 6.04 Å². The normalized spacial score (nSPS) is 14.8. The van der Waals surface area contributed by atoms with E-state index in [1.54, 1.807) is 0 Å². The van der Waals surface area contributed by atoms with Crippen molar-refractivity contribution in [2.24, 2.45) is 0 Å². The van der Waals surface area contributed by atoms with Crippen molar-refractivity contribution in [1.29, 1.82) is 0 Å². The van der Waals surface area contributed by atoms with Crippen molar-refractivity contribution < 1.29 is 4.74 Å². The summed E-state index contributed by atoms with van der Waals surface area (Å²) >= 11 is 6.30. The smallest absolute Gasteiger partial charge is 0.122 e. The summed E-state index contributed by atoms with van der Waals surface area (Å²) in [4.78, 5) is 0. The van der Waals surface area contributed by atoms with E-state index in [0.29, 0.717) is 0 Å². The number of hydrogen-bond acceptors (Lipinski definition) is 2. The fourth-order valence-corrected chi connectivity index (χ4v) is 2.84. The molecular formula is C16H16ClNO. The molecule has 0 saturated heterocycles. The van der Waals surface area contributed by atoms with Crippen LogP contribution in [0.3, 0.4) is 0 Å². The highest BCUT2D eigenvalue weighted by molar-refractivity contribution is 6.31. The van der Waals surface area contributed by atoms with Crippen molar-refractivity contribution >= 4 is 11.6 Å². The number of nitrogens with one attached hydrogen (secondary N) is 1. The van der Waals surface area contributed by atoms with Crippen LogP contribution in [0.1, 0.15) is 22.7 Å². The van der Waals surface area contributed by atoms with Gasteiger partial charge in [0.2, 0.25) is 0 Å². The molecule has 1 atom stereocenters. The van der Waals surface area contributed by atoms with Gasteiger partial charge in [-0.15, -0.1) is 0 Å². The Morgan fingerprint density at radius 1 is 1.21 bits per heavy atom. The zero-order valence-corrected chi connectivity index (χ0v) is 11.6. The number of ether oxygens (including phenoxy) is 1. The zero-order chi connectivity index (χ0) is 13.2. The highest BCUT2D eigenvalue weighted by Crippen LogP contribution is 2.32. The second-order valence-electron chi connectivity index (χ2n) is 4.71. The number of fused-ring (bicyclic) bond motifs is 1. The van der Waals surface area contributed by atoms with Crippen molar-refractivity contribution in [3.05, 3.63) is 64.2 Å². The predicted octanol–water partition coefficient (Wildman–Crippen LogP) is 3.58. The van der Waals surface area contributed by atoms with Crippen LogP contribution < -0.4 is 10.1 Å². The van der Waals surface area contributed by atoms with Gasteiger partial charge in [0, 0.05) is 11.4 Å². The Hall–Kier alpha value is -1.51. The summed E-state index contributed by atoms with van der Waals surface area (Å²) in [7, 11) is 1.96. The minimum atomic E-state index is 0.111. The molecule has 2 aromatic carbocycles. The lowest BCUT2D eigenvalue weighted by Gasteiger charge is -2.19. The zero-order valence-electron chi connectivity index (χ0n) is 10.8. The highest BCUT2D eigenvalue weighted by atomic mass is 35.5. The lowest BCUT2D eigenvalue weighted by Crippen LogP contribution is -2.18. The van der Waals surface area contributed by atoms with Crippen LogP contribution in [0.4, 0.5) is 0 Å². The number of hydrogen-bond donors (Lipinski definition) is 1. The molecule has 19 heavy (non-hydrogen) atoms. The molecule has 2 aromatic rings. The van der Waals surface area contributed by atoms with Crippen LogP contribution in [-0.4, -0.2) is 13.7 Å². The van der Waals surface area contributed by atoms with Gasteiger partial charge in [0.05, 0.1) is 12.6 Å². The van der Waals surface area contributed by atoms with E-state index >= 15 is 0 Å². The molecule has 1 heterocycles. The number of benzene rings is 2. The van der Waals surface area contributed by atoms with Crippen LogP contribution in [0.2, 0.25) is 5.02 Å². The summed E-state index contributed by atoms with van der Waals surface area (Å²) in [6.07, 6.45) is 0.988. The fraction of sp³-hybridized carbons (Fsp3) is 0.250. The number of rotatable bonds is 3. The third kappa shape index (κ3) is 2.34. The van der Waals surface area contributed by atoms with E-state index in [9.17, 15) is 0 Å². The summed E-state index contributed by atoms with van der Waals surface area (Å²) < 4.78 is 5.55. The Bertz CT molecular complexity index is 597. The van der Waals surface area contributed by atoms with Gasteiger partial charge in [0.25, 0.3) is 0 Å². The Labute approximate surface area is 118 Å². The topological polar surface area (TPSA) is 21.3 Å². The molecule has 3 heteroatoms. The van der Waals surface area contributed by atoms with Crippen molar-refractivity contribution in [2.45, 2.75) is 12.5 Å².